The van der Waals surface area contributed by atoms with E-state index < -0.39 is 0 Å². The highest BCUT2D eigenvalue weighted by atomic mass is 15.1. The smallest absolute Gasteiger partial charge is 0.0193 e. The summed E-state index contributed by atoms with van der Waals surface area (Å²) in [5.41, 5.74) is 1.39. The van der Waals surface area contributed by atoms with Crippen LogP contribution in [0.1, 0.15) is 27.2 Å². The lowest BCUT2D eigenvalue weighted by atomic mass is 10.2. The molecular weight excluding hydrogens is 146 g/mol. The zero-order valence-electron chi connectivity index (χ0n) is 8.64. The molecule has 1 nitrogen and oxygen atoms in total. The van der Waals surface area contributed by atoms with Crippen molar-refractivity contribution in [1.29, 1.82) is 0 Å². The van der Waals surface area contributed by atoms with Crippen molar-refractivity contribution in [3.8, 4) is 0 Å². The van der Waals surface area contributed by atoms with Gasteiger partial charge in [0.1, 0.15) is 0 Å². The number of nitrogens with zero attached hydrogens (tertiary/aromatic N) is 1. The zero-order chi connectivity index (χ0) is 9.40. The fourth-order valence-corrected chi connectivity index (χ4v) is 1.27. The molecule has 0 spiro atoms. The van der Waals surface area contributed by atoms with E-state index in [1.54, 1.807) is 0 Å². The third kappa shape index (κ3) is 5.14. The molecule has 0 aliphatic carbocycles. The minimum atomic E-state index is 1.08. The van der Waals surface area contributed by atoms with Gasteiger partial charge in [0.05, 0.1) is 0 Å². The second-order valence-corrected chi connectivity index (χ2v) is 3.12. The second-order valence-electron chi connectivity index (χ2n) is 3.12. The van der Waals surface area contributed by atoms with E-state index in [0.29, 0.717) is 0 Å². The highest BCUT2D eigenvalue weighted by Gasteiger charge is 1.99. The van der Waals surface area contributed by atoms with Gasteiger partial charge < -0.3 is 0 Å². The lowest BCUT2D eigenvalue weighted by Crippen LogP contribution is -2.25. The minimum absolute atomic E-state index is 1.08. The molecule has 70 valence electrons. The Labute approximate surface area is 76.8 Å². The molecule has 12 heavy (non-hydrogen) atoms. The number of likely N-dealkylation sites (N-methyl/N-ethyl adjacent to an activating group) is 1. The molecule has 0 heterocycles. The molecular formula is C11H21N. The van der Waals surface area contributed by atoms with Crippen molar-refractivity contribution in [3.05, 3.63) is 24.3 Å². The molecule has 0 aliphatic heterocycles. The van der Waals surface area contributed by atoms with Gasteiger partial charge in [-0.2, -0.15) is 0 Å². The van der Waals surface area contributed by atoms with Gasteiger partial charge >= 0.3 is 0 Å². The van der Waals surface area contributed by atoms with Gasteiger partial charge in [-0.05, 0) is 26.4 Å². The molecule has 0 amide bonds. The van der Waals surface area contributed by atoms with Crippen molar-refractivity contribution in [1.82, 2.24) is 4.90 Å². The first-order valence-electron chi connectivity index (χ1n) is 4.75. The molecule has 0 aliphatic rings. The first-order chi connectivity index (χ1) is 5.74. The molecule has 0 fully saturated rings. The van der Waals surface area contributed by atoms with Crippen molar-refractivity contribution in [2.24, 2.45) is 0 Å². The van der Waals surface area contributed by atoms with E-state index in [2.05, 4.69) is 38.3 Å². The Bertz CT molecular complexity index is 147. The summed E-state index contributed by atoms with van der Waals surface area (Å²) >= 11 is 0. The first-order valence-corrected chi connectivity index (χ1v) is 4.75. The van der Waals surface area contributed by atoms with Gasteiger partial charge in [-0.3, -0.25) is 4.90 Å². The van der Waals surface area contributed by atoms with Crippen molar-refractivity contribution in [2.75, 3.05) is 19.6 Å². The molecule has 0 saturated heterocycles. The Balaban J connectivity index is 3.83. The summed E-state index contributed by atoms with van der Waals surface area (Å²) in [6, 6.07) is 0. The highest BCUT2D eigenvalue weighted by molar-refractivity contribution is 5.09. The Morgan fingerprint density at radius 3 is 2.50 bits per heavy atom. The van der Waals surface area contributed by atoms with Gasteiger partial charge in [0.2, 0.25) is 0 Å². The molecule has 0 aromatic carbocycles. The lowest BCUT2D eigenvalue weighted by molar-refractivity contribution is 0.313. The first kappa shape index (κ1) is 11.4. The Morgan fingerprint density at radius 1 is 1.42 bits per heavy atom. The predicted octanol–water partition coefficient (Wildman–Crippen LogP) is 2.85. The summed E-state index contributed by atoms with van der Waals surface area (Å²) < 4.78 is 0. The molecule has 0 radical (unpaired) electrons. The SMILES string of the molecule is C=C/C=C(/C)CN(CC)CCC. The van der Waals surface area contributed by atoms with Crippen molar-refractivity contribution < 1.29 is 0 Å². The maximum atomic E-state index is 3.68. The number of rotatable bonds is 6. The normalized spacial score (nSPS) is 12.2. The van der Waals surface area contributed by atoms with Gasteiger partial charge in [-0.25, -0.2) is 0 Å². The van der Waals surface area contributed by atoms with Crippen LogP contribution in [0.3, 0.4) is 0 Å². The summed E-state index contributed by atoms with van der Waals surface area (Å²) in [5, 5.41) is 0. The van der Waals surface area contributed by atoms with Crippen LogP contribution in [0.25, 0.3) is 0 Å². The molecule has 0 unspecified atom stereocenters. The maximum Gasteiger partial charge on any atom is 0.0193 e. The number of hydrogen-bond acceptors (Lipinski definition) is 1. The topological polar surface area (TPSA) is 3.24 Å². The molecule has 0 atom stereocenters. The Kier molecular flexibility index (Phi) is 6.78. The number of allylic oxidation sites excluding steroid dienone is 2. The Morgan fingerprint density at radius 2 is 2.08 bits per heavy atom. The third-order valence-electron chi connectivity index (χ3n) is 1.86. The van der Waals surface area contributed by atoms with Crippen molar-refractivity contribution in [3.63, 3.8) is 0 Å². The quantitative estimate of drug-likeness (QED) is 0.550. The van der Waals surface area contributed by atoms with Crippen LogP contribution in [-0.2, 0) is 0 Å². The average molecular weight is 167 g/mol. The summed E-state index contributed by atoms with van der Waals surface area (Å²) in [6.45, 7) is 13.7. The van der Waals surface area contributed by atoms with Crippen LogP contribution in [0.2, 0.25) is 0 Å². The fraction of sp³-hybridized carbons (Fsp3) is 0.636. The van der Waals surface area contributed by atoms with Crippen molar-refractivity contribution >= 4 is 0 Å². The monoisotopic (exact) mass is 167 g/mol. The predicted molar refractivity (Wildman–Crippen MR) is 56.4 cm³/mol. The maximum absolute atomic E-state index is 3.68. The second kappa shape index (κ2) is 7.11. The van der Waals surface area contributed by atoms with E-state index in [-0.39, 0.29) is 0 Å². The largest absolute Gasteiger partial charge is 0.300 e. The Hall–Kier alpha value is -0.560. The van der Waals surface area contributed by atoms with Crippen LogP contribution in [0.15, 0.2) is 24.3 Å². The van der Waals surface area contributed by atoms with Crippen LogP contribution in [0.4, 0.5) is 0 Å². The summed E-state index contributed by atoms with van der Waals surface area (Å²) in [7, 11) is 0. The van der Waals surface area contributed by atoms with Crippen LogP contribution in [-0.4, -0.2) is 24.5 Å². The summed E-state index contributed by atoms with van der Waals surface area (Å²) in [5.74, 6) is 0. The summed E-state index contributed by atoms with van der Waals surface area (Å²) in [4.78, 5) is 2.44. The molecule has 0 aromatic rings. The van der Waals surface area contributed by atoms with E-state index >= 15 is 0 Å². The van der Waals surface area contributed by atoms with Crippen LogP contribution >= 0.6 is 0 Å². The van der Waals surface area contributed by atoms with Gasteiger partial charge in [0, 0.05) is 6.54 Å². The number of hydrogen-bond donors (Lipinski definition) is 0. The van der Waals surface area contributed by atoms with Crippen LogP contribution in [0, 0.1) is 0 Å². The molecule has 1 heteroatoms. The van der Waals surface area contributed by atoms with Gasteiger partial charge in [-0.1, -0.05) is 38.2 Å². The average Bonchev–Trinajstić information content (AvgIpc) is 2.04. The summed E-state index contributed by atoms with van der Waals surface area (Å²) in [6.07, 6.45) is 5.17. The molecule has 0 saturated carbocycles. The molecule has 0 aromatic heterocycles. The van der Waals surface area contributed by atoms with E-state index in [1.165, 1.54) is 18.5 Å². The molecule has 0 rings (SSSR count). The standard InChI is InChI=1S/C11H21N/c1-5-8-11(4)10-12(7-3)9-6-2/h5,8H,1,6-7,9-10H2,2-4H3/b11-8-. The lowest BCUT2D eigenvalue weighted by Gasteiger charge is -2.19. The van der Waals surface area contributed by atoms with E-state index in [9.17, 15) is 0 Å². The fourth-order valence-electron chi connectivity index (χ4n) is 1.27. The van der Waals surface area contributed by atoms with E-state index in [0.717, 1.165) is 13.1 Å². The van der Waals surface area contributed by atoms with E-state index in [4.69, 9.17) is 0 Å². The van der Waals surface area contributed by atoms with Gasteiger partial charge in [0.25, 0.3) is 0 Å². The minimum Gasteiger partial charge on any atom is -0.300 e. The highest BCUT2D eigenvalue weighted by Crippen LogP contribution is 1.99. The zero-order valence-corrected chi connectivity index (χ0v) is 8.64. The molecule has 0 N–H and O–H groups in total. The van der Waals surface area contributed by atoms with Gasteiger partial charge in [-0.15, -0.1) is 0 Å². The van der Waals surface area contributed by atoms with Gasteiger partial charge in [0.15, 0.2) is 0 Å². The molecule has 0 bridgehead atoms. The van der Waals surface area contributed by atoms with Crippen LogP contribution < -0.4 is 0 Å². The van der Waals surface area contributed by atoms with Crippen LogP contribution in [0.5, 0.6) is 0 Å². The third-order valence-corrected chi connectivity index (χ3v) is 1.86. The van der Waals surface area contributed by atoms with E-state index in [1.807, 2.05) is 6.08 Å². The van der Waals surface area contributed by atoms with Crippen molar-refractivity contribution in [2.45, 2.75) is 27.2 Å².